The summed E-state index contributed by atoms with van der Waals surface area (Å²) in [7, 11) is 0. The molecule has 0 aromatic carbocycles. The van der Waals surface area contributed by atoms with E-state index in [0.29, 0.717) is 12.8 Å². The van der Waals surface area contributed by atoms with Crippen LogP contribution in [-0.4, -0.2) is 142 Å². The van der Waals surface area contributed by atoms with E-state index in [0.717, 1.165) is 44.9 Å². The van der Waals surface area contributed by atoms with Gasteiger partial charge in [0.1, 0.15) is 55.4 Å². The first-order valence-corrected chi connectivity index (χ1v) is 27.9. The van der Waals surface area contributed by atoms with Gasteiger partial charge in [-0.2, -0.15) is 0 Å². The molecule has 2 heterocycles. The van der Waals surface area contributed by atoms with Crippen LogP contribution in [0.3, 0.4) is 0 Å². The molecule has 2 aliphatic heterocycles. The first-order chi connectivity index (χ1) is 34.0. The maximum Gasteiger partial charge on any atom is 0.306 e. The van der Waals surface area contributed by atoms with Crippen LogP contribution in [0.25, 0.3) is 0 Å². The molecule has 0 radical (unpaired) electrons. The Kier molecular flexibility index (Phi) is 38.8. The highest BCUT2D eigenvalue weighted by molar-refractivity contribution is 5.70. The van der Waals surface area contributed by atoms with Gasteiger partial charge in [0.05, 0.1) is 19.8 Å². The van der Waals surface area contributed by atoms with Gasteiger partial charge in [0.2, 0.25) is 0 Å². The second kappa shape index (κ2) is 42.3. The fourth-order valence-electron chi connectivity index (χ4n) is 8.84. The van der Waals surface area contributed by atoms with Crippen LogP contribution < -0.4 is 0 Å². The molecule has 0 aromatic heterocycles. The van der Waals surface area contributed by atoms with Crippen molar-refractivity contribution in [3.8, 4) is 0 Å². The molecule has 0 saturated carbocycles. The molecular weight excluding hydrogens is 901 g/mol. The Labute approximate surface area is 422 Å². The van der Waals surface area contributed by atoms with Gasteiger partial charge in [-0.3, -0.25) is 9.59 Å². The highest BCUT2D eigenvalue weighted by atomic mass is 16.7. The van der Waals surface area contributed by atoms with E-state index in [1.807, 2.05) is 0 Å². The zero-order valence-corrected chi connectivity index (χ0v) is 43.5. The number of esters is 2. The van der Waals surface area contributed by atoms with E-state index in [9.17, 15) is 45.3 Å². The van der Waals surface area contributed by atoms with E-state index >= 15 is 0 Å². The molecule has 7 N–H and O–H groups in total. The maximum absolute atomic E-state index is 13.0. The lowest BCUT2D eigenvalue weighted by Crippen LogP contribution is -2.61. The fraction of sp³-hybridized carbons (Fsp3) is 0.891. The van der Waals surface area contributed by atoms with Crippen LogP contribution in [0, 0.1) is 0 Å². The van der Waals surface area contributed by atoms with Gasteiger partial charge < -0.3 is 64.2 Å². The molecule has 4 unspecified atom stereocenters. The SMILES string of the molecule is CCCCCCCC/C=C/C/C=C/CCCCC(=O)O[C@@H](COC(=O)CCCCCCCCCCCCCCCCCCCCC)CO[C@@H]1O[C@H](CO[C@@H]2O[C@H](CO)[C@H](O)C(O)C2O)[C@H](O)C(O)C1O. The Morgan fingerprint density at radius 3 is 1.36 bits per heavy atom. The van der Waals surface area contributed by atoms with Crippen LogP contribution in [0.15, 0.2) is 24.3 Å². The minimum Gasteiger partial charge on any atom is -0.462 e. The fourth-order valence-corrected chi connectivity index (χ4v) is 8.84. The maximum atomic E-state index is 13.0. The van der Waals surface area contributed by atoms with Crippen molar-refractivity contribution >= 4 is 11.9 Å². The van der Waals surface area contributed by atoms with Crippen molar-refractivity contribution in [1.82, 2.24) is 0 Å². The zero-order chi connectivity index (χ0) is 51.0. The standard InChI is InChI=1S/C55H100O15/c1-3-5-7-9-11-13-15-17-19-20-21-22-24-25-27-29-31-33-35-37-46(57)65-40-43(68-47(58)38-36-34-32-30-28-26-23-18-16-14-12-10-8-6-4-2)41-66-54-53(64)51(62)49(60)45(70-54)42-67-55-52(63)50(61)48(59)44(39-56)69-55/h18,23,28,30,43-45,48-56,59-64H,3-17,19-22,24-27,29,31-42H2,1-2H3/b23-18+,30-28+/t43-,44+,45+,48-,49-,50?,51?,52?,53?,54+,55+/m0/s1. The molecule has 15 nitrogen and oxygen atoms in total. The van der Waals surface area contributed by atoms with Crippen LogP contribution in [0.4, 0.5) is 0 Å². The number of allylic oxidation sites excluding steroid dienone is 4. The van der Waals surface area contributed by atoms with Gasteiger partial charge in [0.15, 0.2) is 18.7 Å². The van der Waals surface area contributed by atoms with Gasteiger partial charge in [-0.05, 0) is 44.9 Å². The summed E-state index contributed by atoms with van der Waals surface area (Å²) >= 11 is 0. The summed E-state index contributed by atoms with van der Waals surface area (Å²) < 4.78 is 33.6. The molecular formula is C55H100O15. The molecule has 11 atom stereocenters. The first kappa shape index (κ1) is 64.1. The smallest absolute Gasteiger partial charge is 0.306 e. The molecule has 0 bridgehead atoms. The van der Waals surface area contributed by atoms with E-state index < -0.39 is 99.3 Å². The molecule has 410 valence electrons. The lowest BCUT2D eigenvalue weighted by Gasteiger charge is -2.42. The third kappa shape index (κ3) is 29.6. The molecule has 2 saturated heterocycles. The normalized spacial score (nSPS) is 25.5. The van der Waals surface area contributed by atoms with E-state index in [1.54, 1.807) is 0 Å². The van der Waals surface area contributed by atoms with Crippen LogP contribution in [0.1, 0.15) is 219 Å². The largest absolute Gasteiger partial charge is 0.462 e. The van der Waals surface area contributed by atoms with E-state index in [4.69, 9.17) is 28.4 Å². The van der Waals surface area contributed by atoms with Crippen molar-refractivity contribution in [3.63, 3.8) is 0 Å². The number of carbonyl (C=O) groups excluding carboxylic acids is 2. The quantitative estimate of drug-likeness (QED) is 0.0172. The van der Waals surface area contributed by atoms with Crippen LogP contribution in [-0.2, 0) is 38.0 Å². The minimum absolute atomic E-state index is 0.126. The first-order valence-electron chi connectivity index (χ1n) is 27.9. The molecule has 0 amide bonds. The summed E-state index contributed by atoms with van der Waals surface area (Å²) in [5.74, 6) is -0.952. The molecule has 70 heavy (non-hydrogen) atoms. The molecule has 2 fully saturated rings. The number of rotatable bonds is 44. The summed E-state index contributed by atoms with van der Waals surface area (Å²) in [6.45, 7) is 2.58. The van der Waals surface area contributed by atoms with Crippen LogP contribution >= 0.6 is 0 Å². The number of hydrogen-bond acceptors (Lipinski definition) is 15. The molecule has 0 spiro atoms. The summed E-state index contributed by atoms with van der Waals surface area (Å²) in [5.41, 5.74) is 0. The number of ether oxygens (including phenoxy) is 6. The summed E-state index contributed by atoms with van der Waals surface area (Å²) in [5, 5.41) is 72.2. The Morgan fingerprint density at radius 2 is 0.857 bits per heavy atom. The van der Waals surface area contributed by atoms with Gasteiger partial charge in [0, 0.05) is 12.8 Å². The van der Waals surface area contributed by atoms with E-state index in [-0.39, 0.29) is 19.4 Å². The number of carbonyl (C=O) groups is 2. The highest BCUT2D eigenvalue weighted by Crippen LogP contribution is 2.27. The predicted molar refractivity (Wildman–Crippen MR) is 271 cm³/mol. The topological polar surface area (TPSA) is 231 Å². The van der Waals surface area contributed by atoms with Gasteiger partial charge in [-0.15, -0.1) is 0 Å². The van der Waals surface area contributed by atoms with E-state index in [1.165, 1.54) is 135 Å². The molecule has 0 aliphatic carbocycles. The predicted octanol–water partition coefficient (Wildman–Crippen LogP) is 8.72. The van der Waals surface area contributed by atoms with Crippen LogP contribution in [0.2, 0.25) is 0 Å². The van der Waals surface area contributed by atoms with E-state index in [2.05, 4.69) is 38.2 Å². The second-order valence-electron chi connectivity index (χ2n) is 19.8. The summed E-state index contributed by atoms with van der Waals surface area (Å²) in [4.78, 5) is 25.8. The van der Waals surface area contributed by atoms with Crippen molar-refractivity contribution in [2.75, 3.05) is 26.4 Å². The minimum atomic E-state index is -1.77. The van der Waals surface area contributed by atoms with Crippen molar-refractivity contribution in [3.05, 3.63) is 24.3 Å². The second-order valence-corrected chi connectivity index (χ2v) is 19.8. The summed E-state index contributed by atoms with van der Waals surface area (Å²) in [6, 6.07) is 0. The lowest BCUT2D eigenvalue weighted by atomic mass is 9.98. The average Bonchev–Trinajstić information content (AvgIpc) is 3.35. The van der Waals surface area contributed by atoms with Gasteiger partial charge in [-0.25, -0.2) is 0 Å². The number of aliphatic hydroxyl groups is 7. The van der Waals surface area contributed by atoms with Crippen molar-refractivity contribution < 1.29 is 73.8 Å². The van der Waals surface area contributed by atoms with Crippen molar-refractivity contribution in [2.24, 2.45) is 0 Å². The highest BCUT2D eigenvalue weighted by Gasteiger charge is 2.47. The van der Waals surface area contributed by atoms with Crippen molar-refractivity contribution in [1.29, 1.82) is 0 Å². The lowest BCUT2D eigenvalue weighted by molar-refractivity contribution is -0.332. The van der Waals surface area contributed by atoms with Crippen LogP contribution in [0.5, 0.6) is 0 Å². The Hall–Kier alpha value is -2.02. The molecule has 0 aromatic rings. The monoisotopic (exact) mass is 1000 g/mol. The Balaban J connectivity index is 1.77. The number of hydrogen-bond donors (Lipinski definition) is 7. The Bertz CT molecular complexity index is 1310. The third-order valence-corrected chi connectivity index (χ3v) is 13.4. The van der Waals surface area contributed by atoms with Gasteiger partial charge in [0.25, 0.3) is 0 Å². The van der Waals surface area contributed by atoms with Gasteiger partial charge in [-0.1, -0.05) is 186 Å². The molecule has 2 rings (SSSR count). The molecule has 15 heteroatoms. The third-order valence-electron chi connectivity index (χ3n) is 13.4. The molecule has 2 aliphatic rings. The zero-order valence-electron chi connectivity index (χ0n) is 43.5. The number of aliphatic hydroxyl groups excluding tert-OH is 7. The summed E-state index contributed by atoms with van der Waals surface area (Å²) in [6.07, 6.45) is 27.8. The van der Waals surface area contributed by atoms with Gasteiger partial charge >= 0.3 is 11.9 Å². The van der Waals surface area contributed by atoms with Crippen molar-refractivity contribution in [2.45, 2.75) is 287 Å². The Morgan fingerprint density at radius 1 is 0.457 bits per heavy atom. The number of unbranched alkanes of at least 4 members (excludes halogenated alkanes) is 26. The average molecular weight is 1000 g/mol.